The Labute approximate surface area is 279 Å². The van der Waals surface area contributed by atoms with Gasteiger partial charge in [-0.3, -0.25) is 9.89 Å². The molecule has 4 atom stereocenters. The molecule has 0 unspecified atom stereocenters. The van der Waals surface area contributed by atoms with Crippen LogP contribution in [-0.2, 0) is 9.47 Å². The molecule has 4 aliphatic rings. The molecule has 2 aliphatic heterocycles. The molecule has 0 saturated heterocycles. The summed E-state index contributed by atoms with van der Waals surface area (Å²) < 4.78 is 23.9. The van der Waals surface area contributed by atoms with E-state index in [-0.39, 0.29) is 38.4 Å². The SMILES string of the molecule is COc1ccccc1OCCN(C[C@H](O)COC1=CC=C[C@@H]2N=c3ccccc3=C12)C[C@H](O)CO[C@@H]1C=CC=C2N=c3ccccc3=C21. The zero-order valence-electron chi connectivity index (χ0n) is 26.8. The lowest BCUT2D eigenvalue weighted by atomic mass is 10.00. The molecule has 0 spiro atoms. The predicted molar refractivity (Wildman–Crippen MR) is 182 cm³/mol. The highest BCUT2D eigenvalue weighted by Crippen LogP contribution is 2.27. The van der Waals surface area contributed by atoms with Gasteiger partial charge in [0.25, 0.3) is 0 Å². The molecule has 3 aromatic carbocycles. The van der Waals surface area contributed by atoms with Gasteiger partial charge in [-0.05, 0) is 36.4 Å². The quantitative estimate of drug-likeness (QED) is 0.260. The van der Waals surface area contributed by atoms with Gasteiger partial charge >= 0.3 is 0 Å². The average Bonchev–Trinajstić information content (AvgIpc) is 3.69. The summed E-state index contributed by atoms with van der Waals surface area (Å²) in [6, 6.07) is 23.4. The Hall–Kier alpha value is -4.80. The number of benzene rings is 3. The number of aliphatic hydroxyl groups excluding tert-OH is 2. The van der Waals surface area contributed by atoms with E-state index in [1.165, 1.54) is 0 Å². The van der Waals surface area contributed by atoms with Crippen LogP contribution in [0.15, 0.2) is 131 Å². The number of allylic oxidation sites excluding steroid dienone is 4. The molecular formula is C39H39N3O6. The number of methoxy groups -OCH3 is 1. The van der Waals surface area contributed by atoms with Crippen molar-refractivity contribution in [1.82, 2.24) is 4.90 Å². The van der Waals surface area contributed by atoms with Crippen LogP contribution in [0.1, 0.15) is 0 Å². The van der Waals surface area contributed by atoms with Gasteiger partial charge < -0.3 is 29.2 Å². The monoisotopic (exact) mass is 645 g/mol. The third-order valence-electron chi connectivity index (χ3n) is 8.68. The number of hydrogen-bond donors (Lipinski definition) is 2. The highest BCUT2D eigenvalue weighted by molar-refractivity contribution is 5.73. The maximum absolute atomic E-state index is 11.2. The first-order valence-electron chi connectivity index (χ1n) is 16.3. The molecule has 0 aromatic heterocycles. The maximum atomic E-state index is 11.2. The number of nitrogens with zero attached hydrogens (tertiary/aromatic N) is 3. The maximum Gasteiger partial charge on any atom is 0.161 e. The third kappa shape index (κ3) is 6.90. The van der Waals surface area contributed by atoms with Crippen molar-refractivity contribution in [2.45, 2.75) is 24.4 Å². The number of rotatable bonds is 15. The molecule has 3 aromatic rings. The minimum Gasteiger partial charge on any atom is -0.493 e. The van der Waals surface area contributed by atoms with Crippen molar-refractivity contribution in [1.29, 1.82) is 0 Å². The molecule has 48 heavy (non-hydrogen) atoms. The highest BCUT2D eigenvalue weighted by atomic mass is 16.5. The lowest BCUT2D eigenvalue weighted by molar-refractivity contribution is -0.00785. The summed E-state index contributed by atoms with van der Waals surface area (Å²) in [7, 11) is 1.61. The van der Waals surface area contributed by atoms with Crippen LogP contribution >= 0.6 is 0 Å². The molecule has 9 nitrogen and oxygen atoms in total. The largest absolute Gasteiger partial charge is 0.493 e. The van der Waals surface area contributed by atoms with Gasteiger partial charge in [0, 0.05) is 41.2 Å². The van der Waals surface area contributed by atoms with Gasteiger partial charge in [0.1, 0.15) is 31.2 Å². The molecule has 2 heterocycles. The van der Waals surface area contributed by atoms with E-state index >= 15 is 0 Å². The fraction of sp³-hybridized carbons (Fsp3) is 0.282. The molecule has 9 heteroatoms. The van der Waals surface area contributed by atoms with E-state index in [0.717, 1.165) is 38.0 Å². The topological polar surface area (TPSA) is 105 Å². The van der Waals surface area contributed by atoms with Gasteiger partial charge in [-0.2, -0.15) is 0 Å². The Balaban J connectivity index is 0.997. The summed E-state index contributed by atoms with van der Waals surface area (Å²) in [5.41, 5.74) is 2.92. The normalized spacial score (nSPS) is 19.7. The summed E-state index contributed by atoms with van der Waals surface area (Å²) in [4.78, 5) is 11.5. The Morgan fingerprint density at radius 2 is 1.44 bits per heavy atom. The zero-order valence-corrected chi connectivity index (χ0v) is 26.8. The van der Waals surface area contributed by atoms with Crippen molar-refractivity contribution in [3.05, 3.63) is 142 Å². The standard InChI is InChI=1S/C39H39N3O6/c1-45-34-16-6-7-17-35(34)46-21-20-42(22-26(43)24-47-36-18-8-14-32-38(36)28-10-2-4-12-30(28)40-32)23-27(44)25-48-37-19-9-15-33-39(37)29-11-3-5-13-31(29)41-33/h2-19,26-27,32,37,43-44H,20-25H2,1H3/t26-,27-,32-,37+/m0/s1. The summed E-state index contributed by atoms with van der Waals surface area (Å²) in [5.74, 6) is 1.98. The molecule has 7 rings (SSSR count). The zero-order chi connectivity index (χ0) is 32.9. The lowest BCUT2D eigenvalue weighted by Crippen LogP contribution is -2.43. The summed E-state index contributed by atoms with van der Waals surface area (Å²) in [6.45, 7) is 1.48. The Morgan fingerprint density at radius 3 is 2.25 bits per heavy atom. The van der Waals surface area contributed by atoms with Gasteiger partial charge in [-0.25, -0.2) is 4.99 Å². The second kappa shape index (κ2) is 14.5. The minimum absolute atomic E-state index is 0.0811. The van der Waals surface area contributed by atoms with Crippen molar-refractivity contribution in [3.63, 3.8) is 0 Å². The number of ether oxygens (including phenoxy) is 4. The van der Waals surface area contributed by atoms with Crippen molar-refractivity contribution >= 4 is 11.1 Å². The van der Waals surface area contributed by atoms with Crippen molar-refractivity contribution in [2.24, 2.45) is 9.98 Å². The molecule has 0 fully saturated rings. The summed E-state index contributed by atoms with van der Waals surface area (Å²) in [6.07, 6.45) is 9.85. The van der Waals surface area contributed by atoms with Gasteiger partial charge in [-0.1, -0.05) is 72.8 Å². The average molecular weight is 646 g/mol. The van der Waals surface area contributed by atoms with Gasteiger partial charge in [0.2, 0.25) is 0 Å². The van der Waals surface area contributed by atoms with E-state index in [1.54, 1.807) is 7.11 Å². The Bertz CT molecular complexity index is 2030. The molecule has 246 valence electrons. The number of fused-ring (bicyclic) bond motifs is 4. The van der Waals surface area contributed by atoms with Crippen LogP contribution in [0.5, 0.6) is 11.5 Å². The molecule has 0 saturated carbocycles. The first-order chi connectivity index (χ1) is 23.6. The van der Waals surface area contributed by atoms with E-state index in [1.807, 2.05) is 114 Å². The van der Waals surface area contributed by atoms with E-state index in [9.17, 15) is 10.2 Å². The van der Waals surface area contributed by atoms with Gasteiger partial charge in [-0.15, -0.1) is 0 Å². The van der Waals surface area contributed by atoms with Gasteiger partial charge in [0.05, 0.1) is 42.3 Å². The molecule has 2 N–H and O–H groups in total. The van der Waals surface area contributed by atoms with Crippen LogP contribution < -0.4 is 30.6 Å². The smallest absolute Gasteiger partial charge is 0.161 e. The van der Waals surface area contributed by atoms with E-state index < -0.39 is 12.2 Å². The minimum atomic E-state index is -0.829. The Kier molecular flexibility index (Phi) is 9.62. The van der Waals surface area contributed by atoms with E-state index in [0.29, 0.717) is 30.4 Å². The second-order valence-electron chi connectivity index (χ2n) is 12.0. The molecule has 2 aliphatic carbocycles. The van der Waals surface area contributed by atoms with Crippen LogP contribution in [0.2, 0.25) is 0 Å². The molecule has 0 bridgehead atoms. The third-order valence-corrected chi connectivity index (χ3v) is 8.68. The fourth-order valence-electron chi connectivity index (χ4n) is 6.49. The number of aliphatic hydroxyl groups is 2. The van der Waals surface area contributed by atoms with Crippen molar-refractivity contribution in [2.75, 3.05) is 46.6 Å². The lowest BCUT2D eigenvalue weighted by Gasteiger charge is -2.28. The first kappa shape index (κ1) is 31.8. The fourth-order valence-corrected chi connectivity index (χ4v) is 6.49. The summed E-state index contributed by atoms with van der Waals surface area (Å²) >= 11 is 0. The molecule has 0 amide bonds. The molecule has 0 radical (unpaired) electrons. The first-order valence-corrected chi connectivity index (χ1v) is 16.3. The predicted octanol–water partition coefficient (Wildman–Crippen LogP) is 1.74. The number of para-hydroxylation sites is 4. The van der Waals surface area contributed by atoms with E-state index in [4.69, 9.17) is 28.9 Å². The summed E-state index contributed by atoms with van der Waals surface area (Å²) in [5, 5.41) is 26.3. The highest BCUT2D eigenvalue weighted by Gasteiger charge is 2.27. The van der Waals surface area contributed by atoms with Crippen molar-refractivity contribution in [3.8, 4) is 11.5 Å². The van der Waals surface area contributed by atoms with Crippen LogP contribution in [-0.4, -0.2) is 86.0 Å². The van der Waals surface area contributed by atoms with Gasteiger partial charge in [0.15, 0.2) is 11.5 Å². The van der Waals surface area contributed by atoms with Crippen LogP contribution in [0.3, 0.4) is 0 Å². The molecular weight excluding hydrogens is 606 g/mol. The second-order valence-corrected chi connectivity index (χ2v) is 12.0. The van der Waals surface area contributed by atoms with E-state index in [2.05, 4.69) is 0 Å². The van der Waals surface area contributed by atoms with Crippen molar-refractivity contribution < 1.29 is 29.2 Å². The van der Waals surface area contributed by atoms with Crippen LogP contribution in [0.25, 0.3) is 11.1 Å². The van der Waals surface area contributed by atoms with Crippen LogP contribution in [0.4, 0.5) is 0 Å². The number of hydrogen-bond acceptors (Lipinski definition) is 9. The Morgan fingerprint density at radius 1 is 0.750 bits per heavy atom. The van der Waals surface area contributed by atoms with Crippen LogP contribution in [0, 0.1) is 0 Å².